The summed E-state index contributed by atoms with van der Waals surface area (Å²) in [6.07, 6.45) is 7.40. The molecule has 70 valence electrons. The minimum atomic E-state index is -0.0811. The van der Waals surface area contributed by atoms with Gasteiger partial charge in [-0.3, -0.25) is 4.79 Å². The summed E-state index contributed by atoms with van der Waals surface area (Å²) in [4.78, 5) is 10.8. The highest BCUT2D eigenvalue weighted by Crippen LogP contribution is 1.93. The predicted molar refractivity (Wildman–Crippen MR) is 49.9 cm³/mol. The molecule has 0 spiro atoms. The lowest BCUT2D eigenvalue weighted by atomic mass is 10.3. The molecule has 0 N–H and O–H groups in total. The van der Waals surface area contributed by atoms with Gasteiger partial charge in [-0.15, -0.1) is 0 Å². The van der Waals surface area contributed by atoms with Gasteiger partial charge in [0.25, 0.3) is 0 Å². The molecule has 0 saturated heterocycles. The van der Waals surface area contributed by atoms with Crippen LogP contribution in [0, 0.1) is 0 Å². The van der Waals surface area contributed by atoms with E-state index in [0.717, 1.165) is 19.3 Å². The molecule has 0 heterocycles. The molecule has 2 heteroatoms. The van der Waals surface area contributed by atoms with Crippen molar-refractivity contribution in [3.8, 4) is 0 Å². The monoisotopic (exact) mass is 170 g/mol. The lowest BCUT2D eigenvalue weighted by Crippen LogP contribution is -2.04. The molecule has 0 aliphatic carbocycles. The van der Waals surface area contributed by atoms with Crippen molar-refractivity contribution < 1.29 is 9.53 Å². The number of carbonyl (C=O) groups is 1. The van der Waals surface area contributed by atoms with Gasteiger partial charge < -0.3 is 4.74 Å². The van der Waals surface area contributed by atoms with Gasteiger partial charge in [0.2, 0.25) is 0 Å². The fraction of sp³-hybridized carbons (Fsp3) is 0.700. The molecule has 0 aliphatic heterocycles. The Morgan fingerprint density at radius 1 is 1.33 bits per heavy atom. The van der Waals surface area contributed by atoms with Crippen molar-refractivity contribution in [2.24, 2.45) is 0 Å². The van der Waals surface area contributed by atoms with Gasteiger partial charge in [-0.25, -0.2) is 0 Å². The van der Waals surface area contributed by atoms with Gasteiger partial charge in [0.1, 0.15) is 0 Å². The minimum Gasteiger partial charge on any atom is -0.465 e. The maximum Gasteiger partial charge on any atom is 0.305 e. The number of hydrogen-bond donors (Lipinski definition) is 0. The smallest absolute Gasteiger partial charge is 0.305 e. The molecule has 0 bridgehead atoms. The van der Waals surface area contributed by atoms with Gasteiger partial charge in [0.05, 0.1) is 6.61 Å². The molecule has 0 aliphatic rings. The van der Waals surface area contributed by atoms with Crippen molar-refractivity contribution in [1.82, 2.24) is 0 Å². The fourth-order valence-corrected chi connectivity index (χ4v) is 0.802. The summed E-state index contributed by atoms with van der Waals surface area (Å²) in [6.45, 7) is 4.58. The third kappa shape index (κ3) is 7.32. The molecular weight excluding hydrogens is 152 g/mol. The first kappa shape index (κ1) is 11.2. The van der Waals surface area contributed by atoms with Crippen molar-refractivity contribution in [3.05, 3.63) is 12.2 Å². The SMILES string of the molecule is CC/C=C\CCOC(=O)CCC. The maximum atomic E-state index is 10.8. The minimum absolute atomic E-state index is 0.0811. The van der Waals surface area contributed by atoms with E-state index in [-0.39, 0.29) is 5.97 Å². The van der Waals surface area contributed by atoms with Crippen LogP contribution in [0.25, 0.3) is 0 Å². The van der Waals surface area contributed by atoms with Crippen LogP contribution in [-0.4, -0.2) is 12.6 Å². The summed E-state index contributed by atoms with van der Waals surface area (Å²) in [7, 11) is 0. The summed E-state index contributed by atoms with van der Waals surface area (Å²) >= 11 is 0. The summed E-state index contributed by atoms with van der Waals surface area (Å²) in [5.74, 6) is -0.0811. The Balaban J connectivity index is 3.19. The zero-order chi connectivity index (χ0) is 9.23. The van der Waals surface area contributed by atoms with E-state index in [4.69, 9.17) is 4.74 Å². The van der Waals surface area contributed by atoms with Crippen molar-refractivity contribution in [2.45, 2.75) is 39.5 Å². The number of allylic oxidation sites excluding steroid dienone is 1. The second-order valence-electron chi connectivity index (χ2n) is 2.64. The van der Waals surface area contributed by atoms with E-state index in [0.29, 0.717) is 13.0 Å². The zero-order valence-electron chi connectivity index (χ0n) is 8.01. The molecule has 0 aromatic heterocycles. The Bertz CT molecular complexity index is 139. The van der Waals surface area contributed by atoms with Crippen LogP contribution in [0.3, 0.4) is 0 Å². The molecule has 12 heavy (non-hydrogen) atoms. The van der Waals surface area contributed by atoms with Crippen LogP contribution in [0.15, 0.2) is 12.2 Å². The zero-order valence-corrected chi connectivity index (χ0v) is 8.01. The average Bonchev–Trinajstić information content (AvgIpc) is 2.05. The van der Waals surface area contributed by atoms with Crippen LogP contribution >= 0.6 is 0 Å². The number of hydrogen-bond acceptors (Lipinski definition) is 2. The van der Waals surface area contributed by atoms with Crippen LogP contribution in [0.1, 0.15) is 39.5 Å². The number of rotatable bonds is 6. The molecule has 0 saturated carbocycles. The van der Waals surface area contributed by atoms with Gasteiger partial charge >= 0.3 is 5.97 Å². The fourth-order valence-electron chi connectivity index (χ4n) is 0.802. The highest BCUT2D eigenvalue weighted by Gasteiger charge is 1.97. The first-order chi connectivity index (χ1) is 5.81. The molecule has 0 aromatic rings. The van der Waals surface area contributed by atoms with E-state index < -0.39 is 0 Å². The van der Waals surface area contributed by atoms with Crippen molar-refractivity contribution in [2.75, 3.05) is 6.61 Å². The lowest BCUT2D eigenvalue weighted by molar-refractivity contribution is -0.143. The van der Waals surface area contributed by atoms with Crippen LogP contribution in [0.5, 0.6) is 0 Å². The molecule has 0 rings (SSSR count). The summed E-state index contributed by atoms with van der Waals surface area (Å²) < 4.78 is 4.94. The molecule has 0 fully saturated rings. The van der Waals surface area contributed by atoms with Crippen LogP contribution < -0.4 is 0 Å². The van der Waals surface area contributed by atoms with Crippen LogP contribution in [-0.2, 0) is 9.53 Å². The predicted octanol–water partition coefficient (Wildman–Crippen LogP) is 2.69. The third-order valence-corrected chi connectivity index (χ3v) is 1.40. The highest BCUT2D eigenvalue weighted by molar-refractivity contribution is 5.69. The molecule has 0 atom stereocenters. The van der Waals surface area contributed by atoms with Crippen LogP contribution in [0.4, 0.5) is 0 Å². The van der Waals surface area contributed by atoms with Crippen molar-refractivity contribution in [3.63, 3.8) is 0 Å². The summed E-state index contributed by atoms with van der Waals surface area (Å²) in [5, 5.41) is 0. The van der Waals surface area contributed by atoms with Crippen molar-refractivity contribution in [1.29, 1.82) is 0 Å². The standard InChI is InChI=1S/C10H18O2/c1-3-5-6-7-9-12-10(11)8-4-2/h5-6H,3-4,7-9H2,1-2H3/b6-5-. The highest BCUT2D eigenvalue weighted by atomic mass is 16.5. The van der Waals surface area contributed by atoms with E-state index in [2.05, 4.69) is 13.0 Å². The Kier molecular flexibility index (Phi) is 7.76. The normalized spacial score (nSPS) is 10.5. The quantitative estimate of drug-likeness (QED) is 0.348. The summed E-state index contributed by atoms with van der Waals surface area (Å²) in [5.41, 5.74) is 0. The Labute approximate surface area is 74.6 Å². The van der Waals surface area contributed by atoms with Gasteiger partial charge in [0, 0.05) is 6.42 Å². The van der Waals surface area contributed by atoms with E-state index >= 15 is 0 Å². The van der Waals surface area contributed by atoms with Gasteiger partial charge in [-0.2, -0.15) is 0 Å². The largest absolute Gasteiger partial charge is 0.465 e. The molecule has 0 unspecified atom stereocenters. The van der Waals surface area contributed by atoms with Gasteiger partial charge in [-0.1, -0.05) is 26.0 Å². The average molecular weight is 170 g/mol. The van der Waals surface area contributed by atoms with Gasteiger partial charge in [0.15, 0.2) is 0 Å². The number of esters is 1. The Morgan fingerprint density at radius 2 is 2.08 bits per heavy atom. The second kappa shape index (κ2) is 8.31. The van der Waals surface area contributed by atoms with Crippen molar-refractivity contribution >= 4 is 5.97 Å². The summed E-state index contributed by atoms with van der Waals surface area (Å²) in [6, 6.07) is 0. The van der Waals surface area contributed by atoms with E-state index in [9.17, 15) is 4.79 Å². The second-order valence-corrected chi connectivity index (χ2v) is 2.64. The lowest BCUT2D eigenvalue weighted by Gasteiger charge is -2.00. The number of carbonyl (C=O) groups excluding carboxylic acids is 1. The molecule has 0 amide bonds. The van der Waals surface area contributed by atoms with Crippen LogP contribution in [0.2, 0.25) is 0 Å². The van der Waals surface area contributed by atoms with E-state index in [1.54, 1.807) is 0 Å². The topological polar surface area (TPSA) is 26.3 Å². The van der Waals surface area contributed by atoms with Gasteiger partial charge in [-0.05, 0) is 19.3 Å². The first-order valence-corrected chi connectivity index (χ1v) is 4.61. The first-order valence-electron chi connectivity index (χ1n) is 4.61. The number of ether oxygens (including phenoxy) is 1. The van der Waals surface area contributed by atoms with E-state index in [1.807, 2.05) is 13.0 Å². The molecule has 0 radical (unpaired) electrons. The maximum absolute atomic E-state index is 10.8. The molecular formula is C10H18O2. The molecule has 2 nitrogen and oxygen atoms in total. The Hall–Kier alpha value is -0.790. The third-order valence-electron chi connectivity index (χ3n) is 1.40. The van der Waals surface area contributed by atoms with E-state index in [1.165, 1.54) is 0 Å². The molecule has 0 aromatic carbocycles. The Morgan fingerprint density at radius 3 is 2.67 bits per heavy atom.